The summed E-state index contributed by atoms with van der Waals surface area (Å²) < 4.78 is 0.907. The van der Waals surface area contributed by atoms with Gasteiger partial charge in [-0.05, 0) is 18.2 Å². The molecule has 6 heteroatoms. The first-order valence-electron chi connectivity index (χ1n) is 6.18. The highest BCUT2D eigenvalue weighted by molar-refractivity contribution is 9.10. The van der Waals surface area contributed by atoms with Crippen LogP contribution < -0.4 is 10.2 Å². The minimum atomic E-state index is 0.0287. The number of carbonyl (C=O) groups is 1. The summed E-state index contributed by atoms with van der Waals surface area (Å²) in [6.45, 7) is 2.93. The van der Waals surface area contributed by atoms with Crippen LogP contribution in [0.25, 0.3) is 0 Å². The van der Waals surface area contributed by atoms with Gasteiger partial charge in [-0.2, -0.15) is 5.26 Å². The van der Waals surface area contributed by atoms with E-state index in [4.69, 9.17) is 0 Å². The average Bonchev–Trinajstić information content (AvgIpc) is 2.79. The van der Waals surface area contributed by atoms with Crippen LogP contribution in [0.2, 0.25) is 0 Å². The molecule has 0 radical (unpaired) electrons. The van der Waals surface area contributed by atoms with E-state index in [2.05, 4.69) is 32.2 Å². The summed E-state index contributed by atoms with van der Waals surface area (Å²) in [5, 5.41) is 12.1. The van der Waals surface area contributed by atoms with Gasteiger partial charge in [0.1, 0.15) is 6.07 Å². The number of halogens is 1. The molecule has 2 aliphatic rings. The van der Waals surface area contributed by atoms with E-state index in [0.29, 0.717) is 18.7 Å². The molecule has 1 N–H and O–H groups in total. The highest BCUT2D eigenvalue weighted by Crippen LogP contribution is 2.27. The van der Waals surface area contributed by atoms with Gasteiger partial charge in [-0.1, -0.05) is 15.9 Å². The third-order valence-corrected chi connectivity index (χ3v) is 4.15. The lowest BCUT2D eigenvalue weighted by atomic mass is 10.1. The zero-order valence-corrected chi connectivity index (χ0v) is 11.9. The first kappa shape index (κ1) is 12.3. The van der Waals surface area contributed by atoms with Crippen LogP contribution in [0, 0.1) is 11.3 Å². The monoisotopic (exact) mass is 320 g/mol. The number of hydrogen-bond acceptors (Lipinski definition) is 3. The second-order valence-electron chi connectivity index (χ2n) is 4.75. The van der Waals surface area contributed by atoms with Crippen LogP contribution >= 0.6 is 15.9 Å². The summed E-state index contributed by atoms with van der Waals surface area (Å²) in [4.78, 5) is 15.6. The van der Waals surface area contributed by atoms with Gasteiger partial charge in [0, 0.05) is 30.7 Å². The average molecular weight is 321 g/mol. The quantitative estimate of drug-likeness (QED) is 0.853. The van der Waals surface area contributed by atoms with Gasteiger partial charge >= 0.3 is 6.03 Å². The Kier molecular flexibility index (Phi) is 3.07. The zero-order valence-electron chi connectivity index (χ0n) is 10.3. The fourth-order valence-corrected chi connectivity index (χ4v) is 3.06. The summed E-state index contributed by atoms with van der Waals surface area (Å²) >= 11 is 3.38. The Balaban J connectivity index is 1.85. The van der Waals surface area contributed by atoms with E-state index in [-0.39, 0.29) is 12.1 Å². The first-order valence-corrected chi connectivity index (χ1v) is 6.97. The largest absolute Gasteiger partial charge is 0.367 e. The fourth-order valence-electron chi connectivity index (χ4n) is 2.70. The highest BCUT2D eigenvalue weighted by atomic mass is 79.9. The van der Waals surface area contributed by atoms with Crippen LogP contribution in [0.15, 0.2) is 22.7 Å². The number of fused-ring (bicyclic) bond motifs is 1. The van der Waals surface area contributed by atoms with E-state index >= 15 is 0 Å². The maximum atomic E-state index is 11.6. The summed E-state index contributed by atoms with van der Waals surface area (Å²) in [5.41, 5.74) is 1.62. The SMILES string of the molecule is N#Cc1cc(Br)ccc1N1CCN2C(=O)NC[C@H]2C1. The second kappa shape index (κ2) is 4.74. The molecule has 0 bridgehead atoms. The number of nitrogens with zero attached hydrogens (tertiary/aromatic N) is 3. The van der Waals surface area contributed by atoms with Gasteiger partial charge in [0.05, 0.1) is 17.3 Å². The van der Waals surface area contributed by atoms with Crippen molar-refractivity contribution in [2.75, 3.05) is 31.1 Å². The van der Waals surface area contributed by atoms with Crippen molar-refractivity contribution in [1.29, 1.82) is 5.26 Å². The molecule has 1 atom stereocenters. The van der Waals surface area contributed by atoms with Gasteiger partial charge in [-0.15, -0.1) is 0 Å². The van der Waals surface area contributed by atoms with Crippen LogP contribution in [-0.2, 0) is 0 Å². The lowest BCUT2D eigenvalue weighted by Gasteiger charge is -2.38. The molecule has 2 saturated heterocycles. The Bertz CT molecular complexity index is 568. The Labute approximate surface area is 119 Å². The Morgan fingerprint density at radius 2 is 2.26 bits per heavy atom. The predicted molar refractivity (Wildman–Crippen MR) is 75.0 cm³/mol. The van der Waals surface area contributed by atoms with Crippen LogP contribution in [-0.4, -0.2) is 43.2 Å². The smallest absolute Gasteiger partial charge is 0.317 e. The summed E-state index contributed by atoms with van der Waals surface area (Å²) in [6, 6.07) is 8.21. The Hall–Kier alpha value is -1.74. The van der Waals surface area contributed by atoms with Gasteiger partial charge in [0.25, 0.3) is 0 Å². The molecule has 19 heavy (non-hydrogen) atoms. The highest BCUT2D eigenvalue weighted by Gasteiger charge is 2.35. The Morgan fingerprint density at radius 3 is 3.05 bits per heavy atom. The molecule has 2 fully saturated rings. The molecule has 2 aliphatic heterocycles. The number of piperazine rings is 1. The van der Waals surface area contributed by atoms with Crippen molar-refractivity contribution in [3.05, 3.63) is 28.2 Å². The number of benzene rings is 1. The molecule has 0 unspecified atom stereocenters. The van der Waals surface area contributed by atoms with E-state index in [9.17, 15) is 10.1 Å². The molecule has 5 nitrogen and oxygen atoms in total. The zero-order chi connectivity index (χ0) is 13.4. The van der Waals surface area contributed by atoms with Gasteiger partial charge in [0.15, 0.2) is 0 Å². The molecule has 98 valence electrons. The normalized spacial score (nSPS) is 21.9. The first-order chi connectivity index (χ1) is 9.19. The van der Waals surface area contributed by atoms with E-state index in [1.54, 1.807) is 0 Å². The second-order valence-corrected chi connectivity index (χ2v) is 5.67. The van der Waals surface area contributed by atoms with Crippen molar-refractivity contribution in [2.45, 2.75) is 6.04 Å². The van der Waals surface area contributed by atoms with Crippen molar-refractivity contribution in [3.8, 4) is 6.07 Å². The third-order valence-electron chi connectivity index (χ3n) is 3.65. The molecule has 1 aromatic carbocycles. The maximum absolute atomic E-state index is 11.6. The number of nitriles is 1. The standard InChI is InChI=1S/C13H13BrN4O/c14-10-1-2-12(9(5-10)6-15)17-3-4-18-11(8-17)7-16-13(18)19/h1-2,5,11H,3-4,7-8H2,(H,16,19)/t11-/m0/s1. The molecular formula is C13H13BrN4O. The number of amides is 2. The van der Waals surface area contributed by atoms with Crippen LogP contribution in [0.5, 0.6) is 0 Å². The number of urea groups is 1. The molecule has 2 amide bonds. The Morgan fingerprint density at radius 1 is 1.42 bits per heavy atom. The van der Waals surface area contributed by atoms with E-state index in [1.807, 2.05) is 23.1 Å². The fraction of sp³-hybridized carbons (Fsp3) is 0.385. The third kappa shape index (κ3) is 2.15. The van der Waals surface area contributed by atoms with Crippen molar-refractivity contribution < 1.29 is 4.79 Å². The number of carbonyl (C=O) groups excluding carboxylic acids is 1. The van der Waals surface area contributed by atoms with E-state index in [1.165, 1.54) is 0 Å². The van der Waals surface area contributed by atoms with Crippen LogP contribution in [0.4, 0.5) is 10.5 Å². The van der Waals surface area contributed by atoms with Crippen molar-refractivity contribution in [1.82, 2.24) is 10.2 Å². The summed E-state index contributed by atoms with van der Waals surface area (Å²) in [6.07, 6.45) is 0. The predicted octanol–water partition coefficient (Wildman–Crippen LogP) is 1.53. The van der Waals surface area contributed by atoms with Crippen molar-refractivity contribution in [3.63, 3.8) is 0 Å². The van der Waals surface area contributed by atoms with E-state index in [0.717, 1.165) is 23.2 Å². The molecule has 1 aromatic rings. The van der Waals surface area contributed by atoms with Gasteiger partial charge in [-0.3, -0.25) is 0 Å². The lowest BCUT2D eigenvalue weighted by Crippen LogP contribution is -2.52. The number of rotatable bonds is 1. The number of nitrogens with one attached hydrogen (secondary N) is 1. The molecule has 0 saturated carbocycles. The molecule has 0 aliphatic carbocycles. The number of hydrogen-bond donors (Lipinski definition) is 1. The van der Waals surface area contributed by atoms with Crippen molar-refractivity contribution in [2.24, 2.45) is 0 Å². The molecular weight excluding hydrogens is 308 g/mol. The summed E-state index contributed by atoms with van der Waals surface area (Å²) in [5.74, 6) is 0. The van der Waals surface area contributed by atoms with Gasteiger partial charge in [-0.25, -0.2) is 4.79 Å². The molecule has 0 spiro atoms. The lowest BCUT2D eigenvalue weighted by molar-refractivity contribution is 0.197. The van der Waals surface area contributed by atoms with Gasteiger partial charge < -0.3 is 15.1 Å². The minimum absolute atomic E-state index is 0.0287. The van der Waals surface area contributed by atoms with E-state index < -0.39 is 0 Å². The minimum Gasteiger partial charge on any atom is -0.367 e. The van der Waals surface area contributed by atoms with Crippen molar-refractivity contribution >= 4 is 27.6 Å². The maximum Gasteiger partial charge on any atom is 0.317 e. The number of anilines is 1. The molecule has 2 heterocycles. The van der Waals surface area contributed by atoms with Crippen LogP contribution in [0.3, 0.4) is 0 Å². The summed E-state index contributed by atoms with van der Waals surface area (Å²) in [7, 11) is 0. The molecule has 0 aromatic heterocycles. The molecule has 3 rings (SSSR count). The topological polar surface area (TPSA) is 59.4 Å². The van der Waals surface area contributed by atoms with Gasteiger partial charge in [0.2, 0.25) is 0 Å². The van der Waals surface area contributed by atoms with Crippen LogP contribution in [0.1, 0.15) is 5.56 Å².